The molecule has 0 aromatic heterocycles. The van der Waals surface area contributed by atoms with Crippen LogP contribution in [0, 0.1) is 10.1 Å². The summed E-state index contributed by atoms with van der Waals surface area (Å²) in [5.74, 6) is -1.11. The minimum Gasteiger partial charge on any atom is -0.481 e. The summed E-state index contributed by atoms with van der Waals surface area (Å²) < 4.78 is 26.6. The van der Waals surface area contributed by atoms with Crippen LogP contribution >= 0.6 is 0 Å². The van der Waals surface area contributed by atoms with Crippen LogP contribution in [0.15, 0.2) is 59.5 Å². The highest BCUT2D eigenvalue weighted by Crippen LogP contribution is 2.21. The van der Waals surface area contributed by atoms with Gasteiger partial charge in [0.2, 0.25) is 10.0 Å². The largest absolute Gasteiger partial charge is 0.481 e. The fourth-order valence-corrected chi connectivity index (χ4v) is 3.61. The van der Waals surface area contributed by atoms with Gasteiger partial charge in [-0.1, -0.05) is 30.3 Å². The predicted molar refractivity (Wildman–Crippen MR) is 89.4 cm³/mol. The molecule has 0 radical (unpaired) electrons. The van der Waals surface area contributed by atoms with Gasteiger partial charge < -0.3 is 5.11 Å². The summed E-state index contributed by atoms with van der Waals surface area (Å²) in [4.78, 5) is 20.8. The predicted octanol–water partition coefficient (Wildman–Crippen LogP) is 2.26. The summed E-state index contributed by atoms with van der Waals surface area (Å²) >= 11 is 0. The molecule has 2 rings (SSSR count). The lowest BCUT2D eigenvalue weighted by Crippen LogP contribution is -2.32. The number of rotatable bonds is 8. The first-order valence-electron chi connectivity index (χ1n) is 7.31. The monoisotopic (exact) mass is 364 g/mol. The van der Waals surface area contributed by atoms with Crippen molar-refractivity contribution in [2.24, 2.45) is 0 Å². The van der Waals surface area contributed by atoms with E-state index in [1.54, 1.807) is 30.3 Å². The van der Waals surface area contributed by atoms with E-state index in [1.165, 1.54) is 0 Å². The van der Waals surface area contributed by atoms with Crippen molar-refractivity contribution in [1.82, 2.24) is 4.31 Å². The van der Waals surface area contributed by atoms with Crippen molar-refractivity contribution in [2.75, 3.05) is 6.54 Å². The first-order valence-corrected chi connectivity index (χ1v) is 8.75. The summed E-state index contributed by atoms with van der Waals surface area (Å²) in [5.41, 5.74) is 0.484. The summed E-state index contributed by atoms with van der Waals surface area (Å²) in [6.45, 7) is -0.197. The molecule has 2 aromatic rings. The van der Waals surface area contributed by atoms with E-state index >= 15 is 0 Å². The van der Waals surface area contributed by atoms with E-state index in [2.05, 4.69) is 0 Å². The number of non-ortho nitro benzene ring substituents is 1. The zero-order valence-corrected chi connectivity index (χ0v) is 13.9. The van der Waals surface area contributed by atoms with Crippen molar-refractivity contribution >= 4 is 21.7 Å². The van der Waals surface area contributed by atoms with Gasteiger partial charge in [-0.15, -0.1) is 0 Å². The SMILES string of the molecule is O=C(O)CCN(Cc1ccccc1)S(=O)(=O)c1ccc([N+](=O)[O-])cc1. The molecule has 132 valence electrons. The van der Waals surface area contributed by atoms with Crippen molar-refractivity contribution in [2.45, 2.75) is 17.9 Å². The second kappa shape index (κ2) is 7.86. The number of sulfonamides is 1. The van der Waals surface area contributed by atoms with E-state index in [0.29, 0.717) is 5.56 Å². The highest BCUT2D eigenvalue weighted by molar-refractivity contribution is 7.89. The topological polar surface area (TPSA) is 118 Å². The summed E-state index contributed by atoms with van der Waals surface area (Å²) in [7, 11) is -3.99. The van der Waals surface area contributed by atoms with Crippen LogP contribution in [-0.4, -0.2) is 35.3 Å². The number of carboxylic acids is 1. The maximum absolute atomic E-state index is 12.8. The summed E-state index contributed by atoms with van der Waals surface area (Å²) in [5, 5.41) is 19.6. The minimum absolute atomic E-state index is 0.00738. The molecule has 0 atom stereocenters. The lowest BCUT2D eigenvalue weighted by atomic mass is 10.2. The van der Waals surface area contributed by atoms with Crippen LogP contribution in [0.4, 0.5) is 5.69 Å². The van der Waals surface area contributed by atoms with Gasteiger partial charge in [0.1, 0.15) is 0 Å². The Labute approximate surface area is 144 Å². The Bertz CT molecular complexity index is 850. The van der Waals surface area contributed by atoms with Crippen LogP contribution in [0.3, 0.4) is 0 Å². The molecule has 0 unspecified atom stereocenters. The van der Waals surface area contributed by atoms with Crippen molar-refractivity contribution in [3.8, 4) is 0 Å². The van der Waals surface area contributed by atoms with Gasteiger partial charge in [0.25, 0.3) is 5.69 Å². The molecule has 25 heavy (non-hydrogen) atoms. The molecule has 0 aliphatic heterocycles. The molecule has 2 aromatic carbocycles. The van der Waals surface area contributed by atoms with E-state index in [0.717, 1.165) is 28.6 Å². The average molecular weight is 364 g/mol. The third-order valence-electron chi connectivity index (χ3n) is 3.46. The Morgan fingerprint density at radius 1 is 1.08 bits per heavy atom. The van der Waals surface area contributed by atoms with Gasteiger partial charge in [-0.05, 0) is 17.7 Å². The number of nitro benzene ring substituents is 1. The molecule has 9 heteroatoms. The number of carboxylic acid groups (broad SMARTS) is 1. The van der Waals surface area contributed by atoms with Crippen LogP contribution in [0.5, 0.6) is 0 Å². The number of nitro groups is 1. The van der Waals surface area contributed by atoms with Gasteiger partial charge in [-0.25, -0.2) is 8.42 Å². The third-order valence-corrected chi connectivity index (χ3v) is 5.32. The Morgan fingerprint density at radius 2 is 1.68 bits per heavy atom. The fraction of sp³-hybridized carbons (Fsp3) is 0.188. The number of hydrogen-bond donors (Lipinski definition) is 1. The van der Waals surface area contributed by atoms with Gasteiger partial charge in [0.15, 0.2) is 0 Å². The zero-order valence-electron chi connectivity index (χ0n) is 13.1. The van der Waals surface area contributed by atoms with Crippen LogP contribution in [0.2, 0.25) is 0 Å². The first kappa shape index (κ1) is 18.6. The highest BCUT2D eigenvalue weighted by atomic mass is 32.2. The van der Waals surface area contributed by atoms with E-state index in [4.69, 9.17) is 5.11 Å². The van der Waals surface area contributed by atoms with Crippen molar-refractivity contribution in [3.05, 3.63) is 70.3 Å². The van der Waals surface area contributed by atoms with E-state index < -0.39 is 20.9 Å². The third kappa shape index (κ3) is 4.85. The summed E-state index contributed by atoms with van der Waals surface area (Å²) in [6.07, 6.45) is -0.348. The van der Waals surface area contributed by atoms with Crippen molar-refractivity contribution < 1.29 is 23.2 Å². The Balaban J connectivity index is 2.32. The average Bonchev–Trinajstić information content (AvgIpc) is 2.59. The van der Waals surface area contributed by atoms with Gasteiger partial charge >= 0.3 is 5.97 Å². The lowest BCUT2D eigenvalue weighted by Gasteiger charge is -2.21. The zero-order chi connectivity index (χ0) is 18.4. The molecule has 1 N–H and O–H groups in total. The number of carbonyl (C=O) groups is 1. The normalized spacial score (nSPS) is 11.4. The number of nitrogens with zero attached hydrogens (tertiary/aromatic N) is 2. The molecule has 0 saturated carbocycles. The number of aliphatic carboxylic acids is 1. The molecule has 0 fully saturated rings. The second-order valence-electron chi connectivity index (χ2n) is 5.22. The smallest absolute Gasteiger partial charge is 0.304 e. The van der Waals surface area contributed by atoms with Crippen LogP contribution in [0.1, 0.15) is 12.0 Å². The molecular formula is C16H16N2O6S. The first-order chi connectivity index (χ1) is 11.8. The Kier molecular flexibility index (Phi) is 5.84. The molecule has 0 amide bonds. The number of hydrogen-bond acceptors (Lipinski definition) is 5. The van der Waals surface area contributed by atoms with Crippen LogP contribution in [-0.2, 0) is 21.4 Å². The molecule has 0 spiro atoms. The number of benzene rings is 2. The minimum atomic E-state index is -3.99. The molecule has 0 aliphatic rings. The molecular weight excluding hydrogens is 348 g/mol. The van der Waals surface area contributed by atoms with E-state index in [9.17, 15) is 23.3 Å². The highest BCUT2D eigenvalue weighted by Gasteiger charge is 2.25. The Hall–Kier alpha value is -2.78. The molecule has 0 aliphatic carbocycles. The van der Waals surface area contributed by atoms with Crippen LogP contribution < -0.4 is 0 Å². The summed E-state index contributed by atoms with van der Waals surface area (Å²) in [6, 6.07) is 13.3. The molecule has 0 saturated heterocycles. The second-order valence-corrected chi connectivity index (χ2v) is 7.16. The maximum atomic E-state index is 12.8. The standard InChI is InChI=1S/C16H16N2O6S/c19-16(20)10-11-17(12-13-4-2-1-3-5-13)25(23,24)15-8-6-14(7-9-15)18(21)22/h1-9H,10-12H2,(H,19,20). The van der Waals surface area contributed by atoms with E-state index in [-0.39, 0.29) is 30.1 Å². The van der Waals surface area contributed by atoms with Gasteiger partial charge in [-0.2, -0.15) is 4.31 Å². The quantitative estimate of drug-likeness (QED) is 0.567. The maximum Gasteiger partial charge on any atom is 0.304 e. The van der Waals surface area contributed by atoms with Gasteiger partial charge in [-0.3, -0.25) is 14.9 Å². The van der Waals surface area contributed by atoms with Gasteiger partial charge in [0.05, 0.1) is 16.2 Å². The van der Waals surface area contributed by atoms with E-state index in [1.807, 2.05) is 0 Å². The van der Waals surface area contributed by atoms with Gasteiger partial charge in [0, 0.05) is 25.2 Å². The lowest BCUT2D eigenvalue weighted by molar-refractivity contribution is -0.384. The molecule has 0 heterocycles. The molecule has 8 nitrogen and oxygen atoms in total. The Morgan fingerprint density at radius 3 is 2.20 bits per heavy atom. The molecule has 0 bridgehead atoms. The fourth-order valence-electron chi connectivity index (χ4n) is 2.18. The van der Waals surface area contributed by atoms with Crippen LogP contribution in [0.25, 0.3) is 0 Å². The van der Waals surface area contributed by atoms with Crippen molar-refractivity contribution in [3.63, 3.8) is 0 Å². The van der Waals surface area contributed by atoms with Crippen molar-refractivity contribution in [1.29, 1.82) is 0 Å².